The topological polar surface area (TPSA) is 38.3 Å². The largest absolute Gasteiger partial charge is 0.444 e. The maximum atomic E-state index is 11.0. The minimum Gasteiger partial charge on any atom is -0.444 e. The highest BCUT2D eigenvalue weighted by molar-refractivity contribution is 5.67. The molecule has 0 bridgehead atoms. The molecule has 3 heteroatoms. The van der Waals surface area contributed by atoms with E-state index in [2.05, 4.69) is 5.32 Å². The molecule has 0 saturated carbocycles. The number of rotatable bonds is 2. The molecule has 0 atom stereocenters. The van der Waals surface area contributed by atoms with Gasteiger partial charge in [-0.2, -0.15) is 0 Å². The molecule has 0 aromatic carbocycles. The second-order valence-corrected chi connectivity index (χ2v) is 3.45. The van der Waals surface area contributed by atoms with Crippen molar-refractivity contribution >= 4 is 6.09 Å². The summed E-state index contributed by atoms with van der Waals surface area (Å²) in [5, 5.41) is 2.59. The summed E-state index contributed by atoms with van der Waals surface area (Å²) >= 11 is 0. The first-order valence-electron chi connectivity index (χ1n) is 4.03. The Morgan fingerprint density at radius 1 is 1.50 bits per heavy atom. The van der Waals surface area contributed by atoms with Gasteiger partial charge in [0.15, 0.2) is 0 Å². The van der Waals surface area contributed by atoms with Gasteiger partial charge < -0.3 is 10.1 Å². The maximum Gasteiger partial charge on any atom is 0.407 e. The summed E-state index contributed by atoms with van der Waals surface area (Å²) in [5.74, 6) is 0. The van der Waals surface area contributed by atoms with Crippen molar-refractivity contribution in [2.75, 3.05) is 6.54 Å². The lowest BCUT2D eigenvalue weighted by Gasteiger charge is -2.19. The van der Waals surface area contributed by atoms with Crippen LogP contribution in [-0.2, 0) is 4.74 Å². The molecule has 0 aliphatic carbocycles. The predicted octanol–water partition coefficient (Wildman–Crippen LogP) is 2.09. The summed E-state index contributed by atoms with van der Waals surface area (Å²) in [6.07, 6.45) is 3.35. The van der Waals surface area contributed by atoms with Crippen molar-refractivity contribution in [2.24, 2.45) is 0 Å². The van der Waals surface area contributed by atoms with Crippen LogP contribution in [-0.4, -0.2) is 18.2 Å². The number of carbonyl (C=O) groups excluding carboxylic acids is 1. The van der Waals surface area contributed by atoms with Gasteiger partial charge in [0.2, 0.25) is 0 Å². The van der Waals surface area contributed by atoms with Crippen molar-refractivity contribution in [3.05, 3.63) is 12.2 Å². The maximum absolute atomic E-state index is 11.0. The molecule has 0 fully saturated rings. The first-order chi connectivity index (χ1) is 5.45. The molecular formula is C9H17NO2. The molecular weight excluding hydrogens is 154 g/mol. The zero-order valence-corrected chi connectivity index (χ0v) is 8.18. The molecule has 0 rings (SSSR count). The van der Waals surface area contributed by atoms with E-state index in [0.29, 0.717) is 6.54 Å². The molecule has 0 aliphatic rings. The van der Waals surface area contributed by atoms with Gasteiger partial charge in [-0.1, -0.05) is 12.2 Å². The number of hydrogen-bond acceptors (Lipinski definition) is 2. The van der Waals surface area contributed by atoms with Gasteiger partial charge in [0, 0.05) is 6.54 Å². The van der Waals surface area contributed by atoms with E-state index < -0.39 is 5.60 Å². The van der Waals surface area contributed by atoms with E-state index in [4.69, 9.17) is 4.74 Å². The molecule has 0 radical (unpaired) electrons. The fourth-order valence-electron chi connectivity index (χ4n) is 0.574. The van der Waals surface area contributed by atoms with Crippen LogP contribution in [0.4, 0.5) is 4.79 Å². The van der Waals surface area contributed by atoms with Gasteiger partial charge in [-0.25, -0.2) is 4.79 Å². The Kier molecular flexibility index (Phi) is 4.40. The number of amides is 1. The van der Waals surface area contributed by atoms with E-state index >= 15 is 0 Å². The van der Waals surface area contributed by atoms with Crippen molar-refractivity contribution in [3.8, 4) is 0 Å². The van der Waals surface area contributed by atoms with Crippen LogP contribution >= 0.6 is 0 Å². The van der Waals surface area contributed by atoms with Gasteiger partial charge in [0.1, 0.15) is 5.60 Å². The highest BCUT2D eigenvalue weighted by atomic mass is 16.6. The van der Waals surface area contributed by atoms with Gasteiger partial charge in [-0.3, -0.25) is 0 Å². The van der Waals surface area contributed by atoms with Crippen LogP contribution in [0.25, 0.3) is 0 Å². The summed E-state index contributed by atoms with van der Waals surface area (Å²) in [5.41, 5.74) is -0.417. The average Bonchev–Trinajstić information content (AvgIpc) is 1.84. The highest BCUT2D eigenvalue weighted by Gasteiger charge is 2.14. The fraction of sp³-hybridized carbons (Fsp3) is 0.667. The Labute approximate surface area is 73.8 Å². The lowest BCUT2D eigenvalue weighted by atomic mass is 10.2. The Morgan fingerprint density at radius 3 is 2.50 bits per heavy atom. The summed E-state index contributed by atoms with van der Waals surface area (Å²) in [6, 6.07) is 0. The number of carbonyl (C=O) groups is 1. The number of allylic oxidation sites excluding steroid dienone is 1. The molecule has 0 aliphatic heterocycles. The van der Waals surface area contributed by atoms with Gasteiger partial charge >= 0.3 is 6.09 Å². The average molecular weight is 171 g/mol. The second-order valence-electron chi connectivity index (χ2n) is 3.45. The van der Waals surface area contributed by atoms with Crippen LogP contribution in [0.2, 0.25) is 0 Å². The Bertz CT molecular complexity index is 168. The lowest BCUT2D eigenvalue weighted by Crippen LogP contribution is -2.32. The van der Waals surface area contributed by atoms with Gasteiger partial charge in [0.05, 0.1) is 0 Å². The molecule has 0 heterocycles. The van der Waals surface area contributed by atoms with E-state index in [0.717, 1.165) is 0 Å². The van der Waals surface area contributed by atoms with Crippen LogP contribution in [0.5, 0.6) is 0 Å². The molecule has 70 valence electrons. The third-order valence-corrected chi connectivity index (χ3v) is 0.999. The van der Waals surface area contributed by atoms with Crippen molar-refractivity contribution in [3.63, 3.8) is 0 Å². The van der Waals surface area contributed by atoms with E-state index in [1.165, 1.54) is 0 Å². The van der Waals surface area contributed by atoms with Gasteiger partial charge in [-0.15, -0.1) is 0 Å². The Morgan fingerprint density at radius 2 is 2.08 bits per heavy atom. The van der Waals surface area contributed by atoms with Crippen molar-refractivity contribution in [1.29, 1.82) is 0 Å². The summed E-state index contributed by atoms with van der Waals surface area (Å²) in [4.78, 5) is 11.0. The molecule has 0 unspecified atom stereocenters. The molecule has 3 nitrogen and oxygen atoms in total. The first kappa shape index (κ1) is 11.0. The van der Waals surface area contributed by atoms with Crippen molar-refractivity contribution in [1.82, 2.24) is 5.32 Å². The quantitative estimate of drug-likeness (QED) is 0.646. The van der Waals surface area contributed by atoms with E-state index in [9.17, 15) is 4.79 Å². The minimum atomic E-state index is -0.417. The van der Waals surface area contributed by atoms with Gasteiger partial charge in [-0.05, 0) is 27.7 Å². The van der Waals surface area contributed by atoms with Crippen molar-refractivity contribution < 1.29 is 9.53 Å². The molecule has 0 aromatic rings. The summed E-state index contributed by atoms with van der Waals surface area (Å²) in [6.45, 7) is 7.93. The normalized spacial score (nSPS) is 11.7. The zero-order chi connectivity index (χ0) is 9.61. The fourth-order valence-corrected chi connectivity index (χ4v) is 0.574. The standard InChI is InChI=1S/C9H17NO2/c1-5-6-7-10-8(11)12-9(2,3)4/h5-6H,7H2,1-4H3,(H,10,11). The SMILES string of the molecule is CC=CCNC(=O)OC(C)(C)C. The van der Waals surface area contributed by atoms with Crippen LogP contribution in [0.1, 0.15) is 27.7 Å². The van der Waals surface area contributed by atoms with Crippen molar-refractivity contribution in [2.45, 2.75) is 33.3 Å². The predicted molar refractivity (Wildman–Crippen MR) is 49.1 cm³/mol. The van der Waals surface area contributed by atoms with Crippen LogP contribution < -0.4 is 5.32 Å². The minimum absolute atomic E-state index is 0.374. The van der Waals surface area contributed by atoms with E-state index in [1.54, 1.807) is 0 Å². The monoisotopic (exact) mass is 171 g/mol. The van der Waals surface area contributed by atoms with Crippen LogP contribution in [0.3, 0.4) is 0 Å². The molecule has 1 N–H and O–H groups in total. The lowest BCUT2D eigenvalue weighted by molar-refractivity contribution is 0.0534. The summed E-state index contributed by atoms with van der Waals surface area (Å²) in [7, 11) is 0. The third-order valence-electron chi connectivity index (χ3n) is 0.999. The van der Waals surface area contributed by atoms with E-state index in [-0.39, 0.29) is 6.09 Å². The number of alkyl carbamates (subject to hydrolysis) is 1. The smallest absolute Gasteiger partial charge is 0.407 e. The number of nitrogens with one attached hydrogen (secondary N) is 1. The number of hydrogen-bond donors (Lipinski definition) is 1. The Balaban J connectivity index is 3.61. The molecule has 0 aromatic heterocycles. The molecule has 0 spiro atoms. The number of ether oxygens (including phenoxy) is 1. The van der Waals surface area contributed by atoms with Crippen LogP contribution in [0.15, 0.2) is 12.2 Å². The molecule has 12 heavy (non-hydrogen) atoms. The molecule has 1 amide bonds. The summed E-state index contributed by atoms with van der Waals surface area (Å²) < 4.78 is 5.00. The third kappa shape index (κ3) is 7.12. The first-order valence-corrected chi connectivity index (χ1v) is 4.03. The Hall–Kier alpha value is -0.990. The zero-order valence-electron chi connectivity index (χ0n) is 8.18. The molecule has 0 saturated heterocycles. The van der Waals surface area contributed by atoms with E-state index in [1.807, 2.05) is 39.8 Å². The van der Waals surface area contributed by atoms with Crippen LogP contribution in [0, 0.1) is 0 Å². The van der Waals surface area contributed by atoms with Gasteiger partial charge in [0.25, 0.3) is 0 Å². The highest BCUT2D eigenvalue weighted by Crippen LogP contribution is 2.05. The second kappa shape index (κ2) is 4.80.